The zero-order chi connectivity index (χ0) is 12.9. The molecule has 0 fully saturated rings. The highest BCUT2D eigenvalue weighted by molar-refractivity contribution is 5.46. The number of halogens is 4. The molecule has 0 spiro atoms. The highest BCUT2D eigenvalue weighted by atomic mass is 19.4. The van der Waals surface area contributed by atoms with Crippen LogP contribution in [-0.4, -0.2) is 25.8 Å². The summed E-state index contributed by atoms with van der Waals surface area (Å²) < 4.78 is 50.0. The molecule has 0 saturated heterocycles. The van der Waals surface area contributed by atoms with Crippen LogP contribution in [0.5, 0.6) is 0 Å². The highest BCUT2D eigenvalue weighted by Gasteiger charge is 2.30. The number of hydrogen-bond acceptors (Lipinski definition) is 2. The van der Waals surface area contributed by atoms with E-state index >= 15 is 0 Å². The largest absolute Gasteiger partial charge is 0.405 e. The number of hydrogen-bond donors (Lipinski definition) is 1. The van der Waals surface area contributed by atoms with Gasteiger partial charge in [0, 0.05) is 12.2 Å². The van der Waals surface area contributed by atoms with E-state index in [9.17, 15) is 17.6 Å². The first-order chi connectivity index (χ1) is 7.92. The number of nitrogens with two attached hydrogens (primary N) is 1. The molecule has 0 atom stereocenters. The van der Waals surface area contributed by atoms with Gasteiger partial charge >= 0.3 is 6.18 Å². The summed E-state index contributed by atoms with van der Waals surface area (Å²) in [4.78, 5) is 1.08. The van der Waals surface area contributed by atoms with Gasteiger partial charge in [-0.25, -0.2) is 4.39 Å². The van der Waals surface area contributed by atoms with Gasteiger partial charge in [-0.15, -0.1) is 0 Å². The summed E-state index contributed by atoms with van der Waals surface area (Å²) in [6.45, 7) is -0.653. The van der Waals surface area contributed by atoms with E-state index < -0.39 is 18.5 Å². The first kappa shape index (κ1) is 13.8. The molecular formula is C11H14F4N2. The van der Waals surface area contributed by atoms with E-state index in [4.69, 9.17) is 5.73 Å². The Bertz CT molecular complexity index is 352. The Morgan fingerprint density at radius 3 is 2.47 bits per heavy atom. The van der Waals surface area contributed by atoms with Crippen molar-refractivity contribution in [3.8, 4) is 0 Å². The van der Waals surface area contributed by atoms with E-state index in [0.29, 0.717) is 13.0 Å². The lowest BCUT2D eigenvalue weighted by Gasteiger charge is -2.25. The summed E-state index contributed by atoms with van der Waals surface area (Å²) in [5.74, 6) is -0.553. The molecule has 1 rings (SSSR count). The first-order valence-electron chi connectivity index (χ1n) is 5.20. The van der Waals surface area contributed by atoms with E-state index in [0.717, 1.165) is 11.0 Å². The van der Waals surface area contributed by atoms with Crippen molar-refractivity contribution in [2.75, 3.05) is 24.5 Å². The van der Waals surface area contributed by atoms with E-state index in [1.807, 2.05) is 0 Å². The molecule has 0 aromatic heterocycles. The van der Waals surface area contributed by atoms with Gasteiger partial charge in [0.1, 0.15) is 12.4 Å². The van der Waals surface area contributed by atoms with Crippen molar-refractivity contribution in [1.29, 1.82) is 0 Å². The summed E-state index contributed by atoms with van der Waals surface area (Å²) in [6.07, 6.45) is -3.90. The monoisotopic (exact) mass is 250 g/mol. The summed E-state index contributed by atoms with van der Waals surface area (Å²) in [7, 11) is 0. The van der Waals surface area contributed by atoms with E-state index in [1.165, 1.54) is 18.2 Å². The Morgan fingerprint density at radius 1 is 1.24 bits per heavy atom. The van der Waals surface area contributed by atoms with Crippen molar-refractivity contribution >= 4 is 5.69 Å². The van der Waals surface area contributed by atoms with Crippen molar-refractivity contribution in [2.24, 2.45) is 5.73 Å². The summed E-state index contributed by atoms with van der Waals surface area (Å²) in [6, 6.07) is 5.11. The third-order valence-electron chi connectivity index (χ3n) is 2.18. The molecule has 0 aliphatic carbocycles. The fraction of sp³-hybridized carbons (Fsp3) is 0.455. The fourth-order valence-electron chi connectivity index (χ4n) is 1.47. The third kappa shape index (κ3) is 5.04. The standard InChI is InChI=1S/C11H14F4N2/c12-9-3-1-4-10(7-9)17(6-2-5-16)8-11(13,14)15/h1,3-4,7H,2,5-6,8,16H2. The highest BCUT2D eigenvalue weighted by Crippen LogP contribution is 2.22. The van der Waals surface area contributed by atoms with Gasteiger partial charge < -0.3 is 10.6 Å². The van der Waals surface area contributed by atoms with Gasteiger partial charge in [0.25, 0.3) is 0 Å². The third-order valence-corrected chi connectivity index (χ3v) is 2.18. The lowest BCUT2D eigenvalue weighted by Crippen LogP contribution is -2.35. The molecule has 0 amide bonds. The van der Waals surface area contributed by atoms with Crippen LogP contribution < -0.4 is 10.6 Å². The van der Waals surface area contributed by atoms with Gasteiger partial charge in [-0.2, -0.15) is 13.2 Å². The summed E-state index contributed by atoms with van der Waals surface area (Å²) >= 11 is 0. The molecular weight excluding hydrogens is 236 g/mol. The quantitative estimate of drug-likeness (QED) is 0.814. The van der Waals surface area contributed by atoms with Crippen LogP contribution in [0.2, 0.25) is 0 Å². The van der Waals surface area contributed by atoms with Crippen LogP contribution >= 0.6 is 0 Å². The van der Waals surface area contributed by atoms with Gasteiger partial charge in [0.2, 0.25) is 0 Å². The molecule has 0 aliphatic rings. The number of nitrogens with zero attached hydrogens (tertiary/aromatic N) is 1. The average Bonchev–Trinajstić information content (AvgIpc) is 2.22. The van der Waals surface area contributed by atoms with Crippen molar-refractivity contribution in [3.63, 3.8) is 0 Å². The smallest absolute Gasteiger partial charge is 0.362 e. The average molecular weight is 250 g/mol. The second-order valence-corrected chi connectivity index (χ2v) is 3.66. The molecule has 0 bridgehead atoms. The van der Waals surface area contributed by atoms with Crippen LogP contribution in [-0.2, 0) is 0 Å². The maximum absolute atomic E-state index is 12.9. The van der Waals surface area contributed by atoms with E-state index in [1.54, 1.807) is 0 Å². The molecule has 0 unspecified atom stereocenters. The molecule has 0 radical (unpaired) electrons. The lowest BCUT2D eigenvalue weighted by molar-refractivity contribution is -0.119. The predicted molar refractivity (Wildman–Crippen MR) is 58.3 cm³/mol. The maximum Gasteiger partial charge on any atom is 0.405 e. The van der Waals surface area contributed by atoms with E-state index in [-0.39, 0.29) is 12.2 Å². The number of benzene rings is 1. The number of anilines is 1. The molecule has 1 aromatic carbocycles. The van der Waals surface area contributed by atoms with Gasteiger partial charge in [-0.3, -0.25) is 0 Å². The first-order valence-corrected chi connectivity index (χ1v) is 5.20. The van der Waals surface area contributed by atoms with Gasteiger partial charge in [-0.1, -0.05) is 6.07 Å². The van der Waals surface area contributed by atoms with Gasteiger partial charge in [0.05, 0.1) is 0 Å². The Labute approximate surface area is 97.0 Å². The Morgan fingerprint density at radius 2 is 1.94 bits per heavy atom. The second-order valence-electron chi connectivity index (χ2n) is 3.66. The molecule has 2 nitrogen and oxygen atoms in total. The normalized spacial score (nSPS) is 11.6. The number of rotatable bonds is 5. The molecule has 0 saturated carbocycles. The van der Waals surface area contributed by atoms with Gasteiger partial charge in [0.15, 0.2) is 0 Å². The van der Waals surface area contributed by atoms with Gasteiger partial charge in [-0.05, 0) is 31.2 Å². The molecule has 0 aliphatic heterocycles. The molecule has 96 valence electrons. The van der Waals surface area contributed by atoms with Crippen LogP contribution in [0.3, 0.4) is 0 Å². The minimum Gasteiger partial charge on any atom is -0.362 e. The zero-order valence-corrected chi connectivity index (χ0v) is 9.17. The molecule has 2 N–H and O–H groups in total. The van der Waals surface area contributed by atoms with Crippen molar-refractivity contribution < 1.29 is 17.6 Å². The lowest BCUT2D eigenvalue weighted by atomic mass is 10.2. The predicted octanol–water partition coefficient (Wildman–Crippen LogP) is 2.54. The SMILES string of the molecule is NCCCN(CC(F)(F)F)c1cccc(F)c1. The Kier molecular flexibility index (Phi) is 4.74. The minimum atomic E-state index is -4.32. The summed E-state index contributed by atoms with van der Waals surface area (Å²) in [5.41, 5.74) is 5.48. The van der Waals surface area contributed by atoms with Crippen LogP contribution in [0, 0.1) is 5.82 Å². The summed E-state index contributed by atoms with van der Waals surface area (Å²) in [5, 5.41) is 0. The Hall–Kier alpha value is -1.30. The van der Waals surface area contributed by atoms with Crippen molar-refractivity contribution in [2.45, 2.75) is 12.6 Å². The van der Waals surface area contributed by atoms with Crippen LogP contribution in [0.25, 0.3) is 0 Å². The van der Waals surface area contributed by atoms with Crippen molar-refractivity contribution in [1.82, 2.24) is 0 Å². The maximum atomic E-state index is 12.9. The molecule has 0 heterocycles. The van der Waals surface area contributed by atoms with E-state index in [2.05, 4.69) is 0 Å². The molecule has 17 heavy (non-hydrogen) atoms. The molecule has 1 aromatic rings. The number of alkyl halides is 3. The Balaban J connectivity index is 2.81. The molecule has 6 heteroatoms. The van der Waals surface area contributed by atoms with Crippen molar-refractivity contribution in [3.05, 3.63) is 30.1 Å². The van der Waals surface area contributed by atoms with Crippen LogP contribution in [0.15, 0.2) is 24.3 Å². The fourth-order valence-corrected chi connectivity index (χ4v) is 1.47. The van der Waals surface area contributed by atoms with Crippen LogP contribution in [0.4, 0.5) is 23.2 Å². The second kappa shape index (κ2) is 5.86. The van der Waals surface area contributed by atoms with Crippen LogP contribution in [0.1, 0.15) is 6.42 Å². The topological polar surface area (TPSA) is 29.3 Å². The zero-order valence-electron chi connectivity index (χ0n) is 9.17. The minimum absolute atomic E-state index is 0.152.